The van der Waals surface area contributed by atoms with Crippen LogP contribution >= 0.6 is 0 Å². The predicted octanol–water partition coefficient (Wildman–Crippen LogP) is 1.65. The first-order valence-corrected chi connectivity index (χ1v) is 7.91. The summed E-state index contributed by atoms with van der Waals surface area (Å²) >= 11 is 0. The SMILES string of the molecule is COc1cc2c(cc1OC)C1(CCN(CC(=O)O)CC1)OCC2. The number of methoxy groups -OCH3 is 2. The average molecular weight is 321 g/mol. The molecule has 0 radical (unpaired) electrons. The quantitative estimate of drug-likeness (QED) is 0.909. The molecule has 0 atom stereocenters. The first kappa shape index (κ1) is 16.1. The van der Waals surface area contributed by atoms with E-state index in [0.717, 1.165) is 43.7 Å². The van der Waals surface area contributed by atoms with Gasteiger partial charge in [-0.25, -0.2) is 0 Å². The summed E-state index contributed by atoms with van der Waals surface area (Å²) < 4.78 is 17.0. The van der Waals surface area contributed by atoms with Crippen LogP contribution in [-0.4, -0.2) is 56.4 Å². The molecule has 1 spiro atoms. The molecule has 6 nitrogen and oxygen atoms in total. The summed E-state index contributed by atoms with van der Waals surface area (Å²) in [6, 6.07) is 4.07. The van der Waals surface area contributed by atoms with Gasteiger partial charge < -0.3 is 19.3 Å². The Bertz CT molecular complexity index is 593. The van der Waals surface area contributed by atoms with Gasteiger partial charge in [-0.05, 0) is 42.5 Å². The van der Waals surface area contributed by atoms with Crippen LogP contribution in [0.5, 0.6) is 11.5 Å². The average Bonchev–Trinajstić information content (AvgIpc) is 2.56. The van der Waals surface area contributed by atoms with Crippen molar-refractivity contribution in [2.24, 2.45) is 0 Å². The zero-order valence-electron chi connectivity index (χ0n) is 13.6. The lowest BCUT2D eigenvalue weighted by Gasteiger charge is -2.45. The number of hydrogen-bond donors (Lipinski definition) is 1. The van der Waals surface area contributed by atoms with Crippen LogP contribution in [0.3, 0.4) is 0 Å². The molecule has 2 aliphatic rings. The van der Waals surface area contributed by atoms with Crippen LogP contribution in [0.4, 0.5) is 0 Å². The molecule has 6 heteroatoms. The fourth-order valence-corrected chi connectivity index (χ4v) is 3.66. The summed E-state index contributed by atoms with van der Waals surface area (Å²) in [5, 5.41) is 8.95. The summed E-state index contributed by atoms with van der Waals surface area (Å²) in [7, 11) is 3.28. The molecular formula is C17H23NO5. The second kappa shape index (κ2) is 6.37. The van der Waals surface area contributed by atoms with Crippen molar-refractivity contribution in [3.05, 3.63) is 23.3 Å². The van der Waals surface area contributed by atoms with Crippen LogP contribution in [0, 0.1) is 0 Å². The number of carboxylic acid groups (broad SMARTS) is 1. The molecule has 0 unspecified atom stereocenters. The third-order valence-corrected chi connectivity index (χ3v) is 4.87. The molecular weight excluding hydrogens is 298 g/mol. The number of hydrogen-bond acceptors (Lipinski definition) is 5. The molecule has 1 N–H and O–H groups in total. The summed E-state index contributed by atoms with van der Waals surface area (Å²) in [5.74, 6) is 0.674. The van der Waals surface area contributed by atoms with E-state index in [-0.39, 0.29) is 12.1 Å². The topological polar surface area (TPSA) is 68.2 Å². The highest BCUT2D eigenvalue weighted by atomic mass is 16.5. The van der Waals surface area contributed by atoms with Gasteiger partial charge in [-0.3, -0.25) is 9.69 Å². The Balaban J connectivity index is 1.88. The van der Waals surface area contributed by atoms with Crippen LogP contribution in [0.2, 0.25) is 0 Å². The summed E-state index contributed by atoms with van der Waals surface area (Å²) in [6.07, 6.45) is 2.45. The molecule has 0 bridgehead atoms. The Morgan fingerprint density at radius 2 is 1.91 bits per heavy atom. The third kappa shape index (κ3) is 3.01. The van der Waals surface area contributed by atoms with E-state index in [4.69, 9.17) is 19.3 Å². The molecule has 1 saturated heterocycles. The van der Waals surface area contributed by atoms with Crippen molar-refractivity contribution in [2.75, 3.05) is 40.5 Å². The molecule has 0 amide bonds. The van der Waals surface area contributed by atoms with Gasteiger partial charge in [-0.1, -0.05) is 0 Å². The number of rotatable bonds is 4. The van der Waals surface area contributed by atoms with Gasteiger partial charge in [0, 0.05) is 13.1 Å². The van der Waals surface area contributed by atoms with E-state index >= 15 is 0 Å². The van der Waals surface area contributed by atoms with E-state index < -0.39 is 5.97 Å². The first-order valence-electron chi connectivity index (χ1n) is 7.91. The fourth-order valence-electron chi connectivity index (χ4n) is 3.66. The number of likely N-dealkylation sites (tertiary alicyclic amines) is 1. The number of aliphatic carboxylic acids is 1. The molecule has 23 heavy (non-hydrogen) atoms. The van der Waals surface area contributed by atoms with Crippen LogP contribution in [-0.2, 0) is 21.6 Å². The number of carbonyl (C=O) groups is 1. The van der Waals surface area contributed by atoms with Gasteiger partial charge in [0.15, 0.2) is 11.5 Å². The van der Waals surface area contributed by atoms with Gasteiger partial charge in [0.1, 0.15) is 0 Å². The molecule has 2 aliphatic heterocycles. The minimum atomic E-state index is -0.780. The third-order valence-electron chi connectivity index (χ3n) is 4.87. The van der Waals surface area contributed by atoms with Crippen molar-refractivity contribution >= 4 is 5.97 Å². The lowest BCUT2D eigenvalue weighted by atomic mass is 9.79. The Labute approximate surface area is 135 Å². The number of piperidine rings is 1. The predicted molar refractivity (Wildman–Crippen MR) is 84.2 cm³/mol. The van der Waals surface area contributed by atoms with Crippen molar-refractivity contribution in [3.63, 3.8) is 0 Å². The minimum Gasteiger partial charge on any atom is -0.493 e. The highest BCUT2D eigenvalue weighted by Crippen LogP contribution is 2.45. The zero-order valence-corrected chi connectivity index (χ0v) is 13.6. The smallest absolute Gasteiger partial charge is 0.317 e. The van der Waals surface area contributed by atoms with Crippen molar-refractivity contribution in [2.45, 2.75) is 24.9 Å². The van der Waals surface area contributed by atoms with Crippen molar-refractivity contribution in [3.8, 4) is 11.5 Å². The zero-order chi connectivity index (χ0) is 16.4. The van der Waals surface area contributed by atoms with E-state index in [1.54, 1.807) is 14.2 Å². The number of ether oxygens (including phenoxy) is 3. The second-order valence-electron chi connectivity index (χ2n) is 6.13. The lowest BCUT2D eigenvalue weighted by Crippen LogP contribution is -2.47. The molecule has 1 aromatic carbocycles. The van der Waals surface area contributed by atoms with Crippen molar-refractivity contribution in [1.29, 1.82) is 0 Å². The molecule has 1 fully saturated rings. The second-order valence-corrected chi connectivity index (χ2v) is 6.13. The molecule has 1 aromatic rings. The molecule has 126 valence electrons. The number of fused-ring (bicyclic) bond motifs is 2. The summed E-state index contributed by atoms with van der Waals surface area (Å²) in [6.45, 7) is 2.22. The highest BCUT2D eigenvalue weighted by molar-refractivity contribution is 5.69. The Kier molecular flexibility index (Phi) is 4.46. The largest absolute Gasteiger partial charge is 0.493 e. The number of benzene rings is 1. The number of carboxylic acids is 1. The van der Waals surface area contributed by atoms with E-state index in [9.17, 15) is 4.79 Å². The highest BCUT2D eigenvalue weighted by Gasteiger charge is 2.41. The molecule has 2 heterocycles. The normalized spacial score (nSPS) is 20.1. The summed E-state index contributed by atoms with van der Waals surface area (Å²) in [4.78, 5) is 12.8. The minimum absolute atomic E-state index is 0.0921. The van der Waals surface area contributed by atoms with Crippen LogP contribution in [0.1, 0.15) is 24.0 Å². The van der Waals surface area contributed by atoms with E-state index in [0.29, 0.717) is 12.4 Å². The monoisotopic (exact) mass is 321 g/mol. The van der Waals surface area contributed by atoms with Gasteiger partial charge in [0.2, 0.25) is 0 Å². The van der Waals surface area contributed by atoms with E-state index in [2.05, 4.69) is 0 Å². The van der Waals surface area contributed by atoms with Crippen LogP contribution in [0.15, 0.2) is 12.1 Å². The van der Waals surface area contributed by atoms with Gasteiger partial charge in [0.25, 0.3) is 0 Å². The van der Waals surface area contributed by atoms with Crippen LogP contribution in [0.25, 0.3) is 0 Å². The van der Waals surface area contributed by atoms with Gasteiger partial charge in [-0.2, -0.15) is 0 Å². The molecule has 0 aliphatic carbocycles. The maximum absolute atomic E-state index is 10.9. The molecule has 0 saturated carbocycles. The van der Waals surface area contributed by atoms with Crippen molar-refractivity contribution in [1.82, 2.24) is 4.90 Å². The van der Waals surface area contributed by atoms with Gasteiger partial charge in [-0.15, -0.1) is 0 Å². The molecule has 0 aromatic heterocycles. The van der Waals surface area contributed by atoms with Gasteiger partial charge >= 0.3 is 5.97 Å². The molecule has 3 rings (SSSR count). The summed E-state index contributed by atoms with van der Waals surface area (Å²) in [5.41, 5.74) is 2.07. The maximum atomic E-state index is 10.9. The van der Waals surface area contributed by atoms with E-state index in [1.165, 1.54) is 5.56 Å². The Morgan fingerprint density at radius 3 is 2.52 bits per heavy atom. The Hall–Kier alpha value is -1.79. The van der Waals surface area contributed by atoms with Crippen LogP contribution < -0.4 is 9.47 Å². The van der Waals surface area contributed by atoms with Gasteiger partial charge in [0.05, 0.1) is 33.0 Å². The standard InChI is InChI=1S/C17H23NO5/c1-21-14-9-12-3-8-23-17(13(12)10-15(14)22-2)4-6-18(7-5-17)11-16(19)20/h9-10H,3-8,11H2,1-2H3,(H,19,20). The van der Waals surface area contributed by atoms with E-state index in [1.807, 2.05) is 17.0 Å². The first-order chi connectivity index (χ1) is 11.1. The maximum Gasteiger partial charge on any atom is 0.317 e. The fraction of sp³-hybridized carbons (Fsp3) is 0.588. The van der Waals surface area contributed by atoms with Crippen molar-refractivity contribution < 1.29 is 24.1 Å². The Morgan fingerprint density at radius 1 is 1.26 bits per heavy atom. The lowest BCUT2D eigenvalue weighted by molar-refractivity contribution is -0.141. The number of nitrogens with zero attached hydrogens (tertiary/aromatic N) is 1.